The van der Waals surface area contributed by atoms with Crippen molar-refractivity contribution in [3.8, 4) is 6.07 Å². The molecule has 1 fully saturated rings. The molecular formula is C18H24N4O. The van der Waals surface area contributed by atoms with E-state index in [0.717, 1.165) is 38.3 Å². The SMILES string of the molecule is C=CCNC(=O)[C@H](C)N1CCCN(c2ccccc2C#N)CC1. The van der Waals surface area contributed by atoms with E-state index in [-0.39, 0.29) is 11.9 Å². The van der Waals surface area contributed by atoms with Gasteiger partial charge in [0.25, 0.3) is 0 Å². The summed E-state index contributed by atoms with van der Waals surface area (Å²) >= 11 is 0. The summed E-state index contributed by atoms with van der Waals surface area (Å²) < 4.78 is 0. The minimum atomic E-state index is -0.152. The fourth-order valence-electron chi connectivity index (χ4n) is 2.90. The molecular weight excluding hydrogens is 288 g/mol. The summed E-state index contributed by atoms with van der Waals surface area (Å²) in [4.78, 5) is 16.6. The number of hydrogen-bond acceptors (Lipinski definition) is 4. The van der Waals surface area contributed by atoms with Crippen LogP contribution in [0, 0.1) is 11.3 Å². The van der Waals surface area contributed by atoms with Gasteiger partial charge in [-0.3, -0.25) is 9.69 Å². The minimum Gasteiger partial charge on any atom is -0.369 e. The van der Waals surface area contributed by atoms with Crippen LogP contribution in [0.4, 0.5) is 5.69 Å². The van der Waals surface area contributed by atoms with Gasteiger partial charge in [-0.25, -0.2) is 0 Å². The summed E-state index contributed by atoms with van der Waals surface area (Å²) in [6.07, 6.45) is 2.66. The zero-order valence-corrected chi connectivity index (χ0v) is 13.7. The Hall–Kier alpha value is -2.32. The molecule has 0 bridgehead atoms. The predicted octanol–water partition coefficient (Wildman–Crippen LogP) is 1.76. The number of rotatable bonds is 5. The summed E-state index contributed by atoms with van der Waals surface area (Å²) in [7, 11) is 0. The van der Waals surface area contributed by atoms with E-state index in [9.17, 15) is 10.1 Å². The van der Waals surface area contributed by atoms with E-state index in [1.54, 1.807) is 6.08 Å². The Labute approximate surface area is 138 Å². The van der Waals surface area contributed by atoms with Crippen molar-refractivity contribution in [3.63, 3.8) is 0 Å². The maximum absolute atomic E-state index is 12.1. The number of anilines is 1. The van der Waals surface area contributed by atoms with Gasteiger partial charge < -0.3 is 10.2 Å². The first kappa shape index (κ1) is 17.0. The number of nitrogens with one attached hydrogen (secondary N) is 1. The summed E-state index contributed by atoms with van der Waals surface area (Å²) in [6, 6.07) is 9.80. The number of carbonyl (C=O) groups excluding carboxylic acids is 1. The third kappa shape index (κ3) is 4.33. The zero-order chi connectivity index (χ0) is 16.7. The summed E-state index contributed by atoms with van der Waals surface area (Å²) in [5, 5.41) is 12.1. The van der Waals surface area contributed by atoms with Gasteiger partial charge in [-0.15, -0.1) is 6.58 Å². The topological polar surface area (TPSA) is 59.4 Å². The Bertz CT molecular complexity index is 593. The highest BCUT2D eigenvalue weighted by Crippen LogP contribution is 2.21. The number of hydrogen-bond donors (Lipinski definition) is 1. The fraction of sp³-hybridized carbons (Fsp3) is 0.444. The Balaban J connectivity index is 2.01. The van der Waals surface area contributed by atoms with Gasteiger partial charge in [0.1, 0.15) is 6.07 Å². The second-order valence-corrected chi connectivity index (χ2v) is 5.72. The maximum atomic E-state index is 12.1. The van der Waals surface area contributed by atoms with Crippen molar-refractivity contribution in [2.45, 2.75) is 19.4 Å². The van der Waals surface area contributed by atoms with Crippen LogP contribution in [0.3, 0.4) is 0 Å². The lowest BCUT2D eigenvalue weighted by atomic mass is 10.1. The summed E-state index contributed by atoms with van der Waals surface area (Å²) in [5.41, 5.74) is 1.69. The molecule has 1 aromatic rings. The van der Waals surface area contributed by atoms with Gasteiger partial charge in [0.15, 0.2) is 0 Å². The molecule has 0 spiro atoms. The van der Waals surface area contributed by atoms with Crippen LogP contribution in [0.1, 0.15) is 18.9 Å². The van der Waals surface area contributed by atoms with Gasteiger partial charge in [-0.05, 0) is 25.5 Å². The maximum Gasteiger partial charge on any atom is 0.237 e. The Morgan fingerprint density at radius 2 is 2.17 bits per heavy atom. The van der Waals surface area contributed by atoms with E-state index >= 15 is 0 Å². The number of para-hydroxylation sites is 1. The predicted molar refractivity (Wildman–Crippen MR) is 92.2 cm³/mol. The molecule has 5 nitrogen and oxygen atoms in total. The second-order valence-electron chi connectivity index (χ2n) is 5.72. The van der Waals surface area contributed by atoms with Crippen LogP contribution in [-0.4, -0.2) is 49.6 Å². The summed E-state index contributed by atoms with van der Waals surface area (Å²) in [5.74, 6) is 0.0378. The van der Waals surface area contributed by atoms with Crippen molar-refractivity contribution in [2.75, 3.05) is 37.6 Å². The second kappa shape index (κ2) is 8.35. The number of amides is 1. The average molecular weight is 312 g/mol. The number of nitrogens with zero attached hydrogens (tertiary/aromatic N) is 3. The molecule has 1 N–H and O–H groups in total. The molecule has 1 aliphatic rings. The molecule has 0 saturated carbocycles. The molecule has 0 aromatic heterocycles. The van der Waals surface area contributed by atoms with Crippen LogP contribution in [0.15, 0.2) is 36.9 Å². The highest BCUT2D eigenvalue weighted by atomic mass is 16.2. The van der Waals surface area contributed by atoms with E-state index < -0.39 is 0 Å². The highest BCUT2D eigenvalue weighted by molar-refractivity contribution is 5.81. The standard InChI is InChI=1S/C18H24N4O/c1-3-9-20-18(23)15(2)21-10-6-11-22(13-12-21)17-8-5-4-7-16(17)14-19/h3-5,7-8,15H,1,6,9-13H2,2H3,(H,20,23)/t15-/m0/s1. The van der Waals surface area contributed by atoms with Crippen LogP contribution in [0.25, 0.3) is 0 Å². The van der Waals surface area contributed by atoms with Crippen LogP contribution in [0.2, 0.25) is 0 Å². The van der Waals surface area contributed by atoms with Crippen molar-refractivity contribution >= 4 is 11.6 Å². The van der Waals surface area contributed by atoms with E-state index in [0.29, 0.717) is 12.1 Å². The third-order valence-corrected chi connectivity index (χ3v) is 4.24. The van der Waals surface area contributed by atoms with E-state index in [2.05, 4.69) is 27.8 Å². The van der Waals surface area contributed by atoms with Gasteiger partial charge in [-0.1, -0.05) is 18.2 Å². The molecule has 1 heterocycles. The Morgan fingerprint density at radius 1 is 1.39 bits per heavy atom. The van der Waals surface area contributed by atoms with E-state index in [4.69, 9.17) is 0 Å². The number of nitriles is 1. The van der Waals surface area contributed by atoms with Crippen molar-refractivity contribution < 1.29 is 4.79 Å². The average Bonchev–Trinajstić information content (AvgIpc) is 2.84. The van der Waals surface area contributed by atoms with Crippen LogP contribution >= 0.6 is 0 Å². The molecule has 1 aromatic carbocycles. The van der Waals surface area contributed by atoms with Crippen molar-refractivity contribution in [1.29, 1.82) is 5.26 Å². The van der Waals surface area contributed by atoms with Gasteiger partial charge in [0.2, 0.25) is 5.91 Å². The Kier molecular flexibility index (Phi) is 6.19. The summed E-state index contributed by atoms with van der Waals surface area (Å²) in [6.45, 7) is 9.47. The first-order chi connectivity index (χ1) is 11.2. The van der Waals surface area contributed by atoms with Gasteiger partial charge in [0.05, 0.1) is 17.3 Å². The van der Waals surface area contributed by atoms with Gasteiger partial charge >= 0.3 is 0 Å². The molecule has 23 heavy (non-hydrogen) atoms. The van der Waals surface area contributed by atoms with Crippen molar-refractivity contribution in [1.82, 2.24) is 10.2 Å². The minimum absolute atomic E-state index is 0.0378. The number of carbonyl (C=O) groups is 1. The largest absolute Gasteiger partial charge is 0.369 e. The molecule has 0 unspecified atom stereocenters. The highest BCUT2D eigenvalue weighted by Gasteiger charge is 2.24. The monoisotopic (exact) mass is 312 g/mol. The number of benzene rings is 1. The van der Waals surface area contributed by atoms with Crippen molar-refractivity contribution in [3.05, 3.63) is 42.5 Å². The lowest BCUT2D eigenvalue weighted by Crippen LogP contribution is -2.46. The van der Waals surface area contributed by atoms with Gasteiger partial charge in [-0.2, -0.15) is 5.26 Å². The van der Waals surface area contributed by atoms with Gasteiger partial charge in [0, 0.05) is 32.7 Å². The molecule has 1 amide bonds. The van der Waals surface area contributed by atoms with Crippen LogP contribution < -0.4 is 10.2 Å². The van der Waals surface area contributed by atoms with Crippen LogP contribution in [0.5, 0.6) is 0 Å². The molecule has 0 radical (unpaired) electrons. The van der Waals surface area contributed by atoms with E-state index in [1.807, 2.05) is 31.2 Å². The fourth-order valence-corrected chi connectivity index (χ4v) is 2.90. The normalized spacial score (nSPS) is 17.0. The molecule has 2 rings (SSSR count). The first-order valence-corrected chi connectivity index (χ1v) is 8.04. The molecule has 1 saturated heterocycles. The smallest absolute Gasteiger partial charge is 0.237 e. The lowest BCUT2D eigenvalue weighted by molar-refractivity contribution is -0.125. The Morgan fingerprint density at radius 3 is 2.91 bits per heavy atom. The molecule has 1 aliphatic heterocycles. The molecule has 0 aliphatic carbocycles. The first-order valence-electron chi connectivity index (χ1n) is 8.04. The van der Waals surface area contributed by atoms with Crippen molar-refractivity contribution in [2.24, 2.45) is 0 Å². The third-order valence-electron chi connectivity index (χ3n) is 4.24. The zero-order valence-electron chi connectivity index (χ0n) is 13.7. The molecule has 5 heteroatoms. The van der Waals surface area contributed by atoms with E-state index in [1.165, 1.54) is 0 Å². The molecule has 122 valence electrons. The lowest BCUT2D eigenvalue weighted by Gasteiger charge is -2.27. The quantitative estimate of drug-likeness (QED) is 0.842. The van der Waals surface area contributed by atoms with Crippen LogP contribution in [-0.2, 0) is 4.79 Å². The molecule has 1 atom stereocenters.